The van der Waals surface area contributed by atoms with Crippen LogP contribution in [0.4, 0.5) is 0 Å². The summed E-state index contributed by atoms with van der Waals surface area (Å²) in [6.45, 7) is 7.27. The number of ketones is 1. The van der Waals surface area contributed by atoms with Gasteiger partial charge in [0.15, 0.2) is 6.61 Å². The number of carbonyl (C=O) groups excluding carboxylic acids is 2. The normalized spacial score (nSPS) is 10.6. The van der Waals surface area contributed by atoms with Crippen LogP contribution in [0.3, 0.4) is 0 Å². The van der Waals surface area contributed by atoms with E-state index in [4.69, 9.17) is 9.47 Å². The van der Waals surface area contributed by atoms with Crippen molar-refractivity contribution in [1.29, 1.82) is 0 Å². The first-order chi connectivity index (χ1) is 9.86. The quantitative estimate of drug-likeness (QED) is 0.724. The number of Topliss-reactive ketones (excluding diaryl/α,β-unsaturated/α-hetero) is 1. The van der Waals surface area contributed by atoms with Gasteiger partial charge in [0.2, 0.25) is 0 Å². The Hall–Kier alpha value is -2.04. The zero-order valence-electron chi connectivity index (χ0n) is 13.3. The minimum absolute atomic E-state index is 0.0255. The van der Waals surface area contributed by atoms with Gasteiger partial charge in [-0.2, -0.15) is 0 Å². The topological polar surface area (TPSA) is 55.8 Å². The first kappa shape index (κ1) is 17.0. The van der Waals surface area contributed by atoms with Crippen molar-refractivity contribution in [2.45, 2.75) is 39.8 Å². The van der Waals surface area contributed by atoms with E-state index in [-0.39, 0.29) is 18.7 Å². The maximum atomic E-state index is 12.1. The lowest BCUT2D eigenvalue weighted by Gasteiger charge is -2.29. The van der Waals surface area contributed by atoms with E-state index in [0.717, 1.165) is 0 Å². The zero-order valence-corrected chi connectivity index (χ0v) is 13.3. The Morgan fingerprint density at radius 3 is 1.90 bits per heavy atom. The summed E-state index contributed by atoms with van der Waals surface area (Å²) in [7, 11) is 1.57. The molecule has 0 bridgehead atoms. The van der Waals surface area contributed by atoms with Crippen LogP contribution in [-0.2, 0) is 9.59 Å². The summed E-state index contributed by atoms with van der Waals surface area (Å²) < 4.78 is 10.4. The molecule has 0 aliphatic heterocycles. The van der Waals surface area contributed by atoms with Crippen LogP contribution >= 0.6 is 0 Å². The number of methoxy groups -OCH3 is 1. The second-order valence-corrected chi connectivity index (χ2v) is 5.29. The second kappa shape index (κ2) is 7.67. The van der Waals surface area contributed by atoms with Gasteiger partial charge in [0, 0.05) is 12.1 Å². The van der Waals surface area contributed by atoms with Gasteiger partial charge in [-0.3, -0.25) is 9.59 Å². The lowest BCUT2D eigenvalue weighted by molar-refractivity contribution is -0.148. The molecule has 1 amide bonds. The molecule has 0 unspecified atom stereocenters. The minimum Gasteiger partial charge on any atom is -0.497 e. The summed E-state index contributed by atoms with van der Waals surface area (Å²) in [5.41, 5.74) is 0. The van der Waals surface area contributed by atoms with E-state index in [1.165, 1.54) is 0 Å². The molecule has 5 heteroatoms. The molecule has 116 valence electrons. The lowest BCUT2D eigenvalue weighted by Crippen LogP contribution is -2.46. The number of rotatable bonds is 7. The maximum Gasteiger partial charge on any atom is 0.294 e. The van der Waals surface area contributed by atoms with Crippen molar-refractivity contribution in [3.63, 3.8) is 0 Å². The molecule has 5 nitrogen and oxygen atoms in total. The van der Waals surface area contributed by atoms with Crippen LogP contribution in [0.5, 0.6) is 11.5 Å². The van der Waals surface area contributed by atoms with E-state index in [1.807, 2.05) is 27.7 Å². The van der Waals surface area contributed by atoms with Crippen LogP contribution in [0, 0.1) is 0 Å². The van der Waals surface area contributed by atoms with Gasteiger partial charge in [-0.1, -0.05) is 0 Å². The molecule has 1 aromatic rings. The van der Waals surface area contributed by atoms with Gasteiger partial charge in [0.05, 0.1) is 7.11 Å². The smallest absolute Gasteiger partial charge is 0.294 e. The predicted molar refractivity (Wildman–Crippen MR) is 80.6 cm³/mol. The van der Waals surface area contributed by atoms with E-state index in [2.05, 4.69) is 0 Å². The third-order valence-corrected chi connectivity index (χ3v) is 3.02. The molecule has 0 saturated heterocycles. The molecule has 0 N–H and O–H groups in total. The highest BCUT2D eigenvalue weighted by Gasteiger charge is 2.26. The predicted octanol–water partition coefficient (Wildman–Crippen LogP) is 2.29. The largest absolute Gasteiger partial charge is 0.497 e. The number of amides is 1. The number of hydrogen-bond donors (Lipinski definition) is 0. The van der Waals surface area contributed by atoms with E-state index in [9.17, 15) is 9.59 Å². The molecule has 21 heavy (non-hydrogen) atoms. The highest BCUT2D eigenvalue weighted by molar-refractivity contribution is 6.36. The molecule has 0 heterocycles. The Labute approximate surface area is 125 Å². The molecule has 1 rings (SSSR count). The van der Waals surface area contributed by atoms with Crippen LogP contribution in [0.25, 0.3) is 0 Å². The highest BCUT2D eigenvalue weighted by Crippen LogP contribution is 2.17. The van der Waals surface area contributed by atoms with Crippen LogP contribution in [0.1, 0.15) is 27.7 Å². The number of ether oxygens (including phenoxy) is 2. The fraction of sp³-hybridized carbons (Fsp3) is 0.500. The van der Waals surface area contributed by atoms with Crippen molar-refractivity contribution < 1.29 is 19.1 Å². The summed E-state index contributed by atoms with van der Waals surface area (Å²) in [5, 5.41) is 0. The fourth-order valence-electron chi connectivity index (χ4n) is 2.09. The summed E-state index contributed by atoms with van der Waals surface area (Å²) in [6, 6.07) is 6.80. The summed E-state index contributed by atoms with van der Waals surface area (Å²) in [5.74, 6) is 0.176. The molecule has 0 atom stereocenters. The van der Waals surface area contributed by atoms with Gasteiger partial charge in [-0.15, -0.1) is 0 Å². The van der Waals surface area contributed by atoms with Gasteiger partial charge in [0.1, 0.15) is 11.5 Å². The number of nitrogens with zero attached hydrogens (tertiary/aromatic N) is 1. The van der Waals surface area contributed by atoms with E-state index >= 15 is 0 Å². The van der Waals surface area contributed by atoms with E-state index in [0.29, 0.717) is 11.5 Å². The van der Waals surface area contributed by atoms with Gasteiger partial charge in [0.25, 0.3) is 11.7 Å². The molecule has 0 aliphatic rings. The van der Waals surface area contributed by atoms with Crippen molar-refractivity contribution in [2.75, 3.05) is 13.7 Å². The Bertz CT molecular complexity index is 472. The number of carbonyl (C=O) groups is 2. The molecule has 0 saturated carbocycles. The monoisotopic (exact) mass is 293 g/mol. The molecular weight excluding hydrogens is 270 g/mol. The summed E-state index contributed by atoms with van der Waals surface area (Å²) >= 11 is 0. The lowest BCUT2D eigenvalue weighted by atomic mass is 10.2. The van der Waals surface area contributed by atoms with Gasteiger partial charge in [-0.05, 0) is 52.0 Å². The molecule has 0 fully saturated rings. The van der Waals surface area contributed by atoms with Crippen molar-refractivity contribution in [2.24, 2.45) is 0 Å². The average molecular weight is 293 g/mol. The molecule has 0 spiro atoms. The average Bonchev–Trinajstić information content (AvgIpc) is 2.44. The Balaban J connectivity index is 2.61. The fourth-order valence-corrected chi connectivity index (χ4v) is 2.09. The van der Waals surface area contributed by atoms with Crippen molar-refractivity contribution in [1.82, 2.24) is 4.90 Å². The first-order valence-corrected chi connectivity index (χ1v) is 6.99. The molecule has 0 radical (unpaired) electrons. The SMILES string of the molecule is COc1ccc(OCC(=O)C(=O)N(C(C)C)C(C)C)cc1. The van der Waals surface area contributed by atoms with Crippen molar-refractivity contribution in [3.8, 4) is 11.5 Å². The van der Waals surface area contributed by atoms with Gasteiger partial charge < -0.3 is 14.4 Å². The summed E-state index contributed by atoms with van der Waals surface area (Å²) in [6.07, 6.45) is 0. The van der Waals surface area contributed by atoms with Crippen LogP contribution in [-0.4, -0.2) is 42.4 Å². The maximum absolute atomic E-state index is 12.1. The Morgan fingerprint density at radius 2 is 1.48 bits per heavy atom. The third kappa shape index (κ3) is 4.77. The standard InChI is InChI=1S/C16H23NO4/c1-11(2)17(12(3)4)16(19)15(18)10-21-14-8-6-13(20-5)7-9-14/h6-9,11-12H,10H2,1-5H3. The number of hydrogen-bond acceptors (Lipinski definition) is 4. The molecular formula is C16H23NO4. The Morgan fingerprint density at radius 1 is 1.00 bits per heavy atom. The van der Waals surface area contributed by atoms with E-state index < -0.39 is 11.7 Å². The van der Waals surface area contributed by atoms with Crippen LogP contribution in [0.15, 0.2) is 24.3 Å². The zero-order chi connectivity index (χ0) is 16.0. The molecule has 0 aliphatic carbocycles. The van der Waals surface area contributed by atoms with E-state index in [1.54, 1.807) is 36.3 Å². The van der Waals surface area contributed by atoms with Crippen molar-refractivity contribution in [3.05, 3.63) is 24.3 Å². The van der Waals surface area contributed by atoms with Gasteiger partial charge in [-0.25, -0.2) is 0 Å². The van der Waals surface area contributed by atoms with Crippen molar-refractivity contribution >= 4 is 11.7 Å². The minimum atomic E-state index is -0.548. The first-order valence-electron chi connectivity index (χ1n) is 6.99. The van der Waals surface area contributed by atoms with Crippen LogP contribution < -0.4 is 9.47 Å². The highest BCUT2D eigenvalue weighted by atomic mass is 16.5. The third-order valence-electron chi connectivity index (χ3n) is 3.02. The second-order valence-electron chi connectivity index (χ2n) is 5.29. The molecule has 1 aromatic carbocycles. The Kier molecular flexibility index (Phi) is 6.21. The van der Waals surface area contributed by atoms with Gasteiger partial charge >= 0.3 is 0 Å². The molecule has 0 aromatic heterocycles. The summed E-state index contributed by atoms with van der Waals surface area (Å²) in [4.78, 5) is 25.6. The number of benzene rings is 1. The van der Waals surface area contributed by atoms with Crippen LogP contribution in [0.2, 0.25) is 0 Å².